The summed E-state index contributed by atoms with van der Waals surface area (Å²) in [5.74, 6) is 0.216. The number of hydrogen-bond acceptors (Lipinski definition) is 4. The molecule has 0 atom stereocenters. The van der Waals surface area contributed by atoms with E-state index >= 15 is 0 Å². The molecule has 0 radical (unpaired) electrons. The van der Waals surface area contributed by atoms with Gasteiger partial charge in [0.1, 0.15) is 0 Å². The van der Waals surface area contributed by atoms with Crippen LogP contribution in [-0.2, 0) is 13.0 Å². The third kappa shape index (κ3) is 2.05. The number of tetrazole rings is 1. The molecule has 0 bridgehead atoms. The van der Waals surface area contributed by atoms with E-state index in [-0.39, 0.29) is 0 Å². The quantitative estimate of drug-likeness (QED) is 0.709. The molecule has 0 aliphatic heterocycles. The van der Waals surface area contributed by atoms with Crippen molar-refractivity contribution in [2.24, 2.45) is 5.73 Å². The van der Waals surface area contributed by atoms with Crippen LogP contribution < -0.4 is 5.73 Å². The molecule has 3 N–H and O–H groups in total. The zero-order chi connectivity index (χ0) is 13.2. The minimum atomic E-state index is -0.422. The van der Waals surface area contributed by atoms with Crippen molar-refractivity contribution < 1.29 is 4.79 Å². The van der Waals surface area contributed by atoms with Gasteiger partial charge in [0.15, 0.2) is 5.82 Å². The molecule has 0 saturated heterocycles. The number of carbonyl (C=O) groups excluding carboxylic acids is 1. The van der Waals surface area contributed by atoms with E-state index in [2.05, 4.69) is 20.6 Å². The Labute approximate surface area is 108 Å². The van der Waals surface area contributed by atoms with Crippen molar-refractivity contribution in [2.45, 2.75) is 13.0 Å². The van der Waals surface area contributed by atoms with Crippen molar-refractivity contribution in [3.8, 4) is 0 Å². The minimum absolute atomic E-state index is 0.422. The zero-order valence-corrected chi connectivity index (χ0v) is 10.1. The molecule has 2 heterocycles. The van der Waals surface area contributed by atoms with E-state index in [1.54, 1.807) is 6.20 Å². The highest BCUT2D eigenvalue weighted by atomic mass is 16.1. The summed E-state index contributed by atoms with van der Waals surface area (Å²) < 4.78 is 1.98. The Morgan fingerprint density at radius 1 is 1.37 bits per heavy atom. The maximum Gasteiger partial charge on any atom is 0.250 e. The Balaban J connectivity index is 1.97. The largest absolute Gasteiger partial charge is 0.366 e. The van der Waals surface area contributed by atoms with Crippen LogP contribution in [0.2, 0.25) is 0 Å². The van der Waals surface area contributed by atoms with Crippen LogP contribution in [0.25, 0.3) is 10.9 Å². The Morgan fingerprint density at radius 3 is 2.95 bits per heavy atom. The molecule has 19 heavy (non-hydrogen) atoms. The van der Waals surface area contributed by atoms with Crippen molar-refractivity contribution in [1.82, 2.24) is 25.2 Å². The lowest BCUT2D eigenvalue weighted by atomic mass is 10.2. The Bertz CT molecular complexity index is 715. The normalized spacial score (nSPS) is 10.9. The van der Waals surface area contributed by atoms with Gasteiger partial charge in [-0.25, -0.2) is 0 Å². The standard InChI is InChI=1S/C12H12N6O/c13-12(19)9-7-18(6-5-11-14-16-17-15-11)10-4-2-1-3-8(9)10/h1-4,7H,5-6H2,(H2,13,19)(H,14,15,16,17). The van der Waals surface area contributed by atoms with Gasteiger partial charge < -0.3 is 10.3 Å². The van der Waals surface area contributed by atoms with Crippen molar-refractivity contribution in [3.63, 3.8) is 0 Å². The Morgan fingerprint density at radius 2 is 2.21 bits per heavy atom. The molecule has 7 heteroatoms. The molecule has 0 fully saturated rings. The van der Waals surface area contributed by atoms with Crippen LogP contribution in [0.15, 0.2) is 30.5 Å². The highest BCUT2D eigenvalue weighted by molar-refractivity contribution is 6.06. The van der Waals surface area contributed by atoms with E-state index in [4.69, 9.17) is 5.73 Å². The summed E-state index contributed by atoms with van der Waals surface area (Å²) >= 11 is 0. The third-order valence-corrected chi connectivity index (χ3v) is 3.02. The second-order valence-electron chi connectivity index (χ2n) is 4.20. The summed E-state index contributed by atoms with van der Waals surface area (Å²) in [6.07, 6.45) is 2.40. The van der Waals surface area contributed by atoms with Gasteiger partial charge in [-0.2, -0.15) is 5.21 Å². The van der Waals surface area contributed by atoms with Crippen LogP contribution >= 0.6 is 0 Å². The number of aryl methyl sites for hydroxylation is 2. The monoisotopic (exact) mass is 256 g/mol. The lowest BCUT2D eigenvalue weighted by Crippen LogP contribution is -2.10. The van der Waals surface area contributed by atoms with Gasteiger partial charge in [-0.1, -0.05) is 23.4 Å². The van der Waals surface area contributed by atoms with Crippen LogP contribution in [0, 0.1) is 0 Å². The van der Waals surface area contributed by atoms with Gasteiger partial charge in [0, 0.05) is 30.1 Å². The van der Waals surface area contributed by atoms with E-state index in [0.717, 1.165) is 10.9 Å². The maximum atomic E-state index is 11.4. The van der Waals surface area contributed by atoms with Gasteiger partial charge in [0.2, 0.25) is 0 Å². The van der Waals surface area contributed by atoms with E-state index in [1.165, 1.54) is 0 Å². The average Bonchev–Trinajstić information content (AvgIpc) is 3.04. The first kappa shape index (κ1) is 11.4. The van der Waals surface area contributed by atoms with Gasteiger partial charge in [0.25, 0.3) is 5.91 Å². The fourth-order valence-corrected chi connectivity index (χ4v) is 2.14. The molecule has 0 saturated carbocycles. The maximum absolute atomic E-state index is 11.4. The lowest BCUT2D eigenvalue weighted by molar-refractivity contribution is 0.100. The predicted octanol–water partition coefficient (Wildman–Crippen LogP) is 0.496. The van der Waals surface area contributed by atoms with E-state index in [1.807, 2.05) is 28.8 Å². The summed E-state index contributed by atoms with van der Waals surface area (Å²) in [4.78, 5) is 11.4. The van der Waals surface area contributed by atoms with Crippen LogP contribution in [-0.4, -0.2) is 31.1 Å². The van der Waals surface area contributed by atoms with Gasteiger partial charge in [-0.15, -0.1) is 10.2 Å². The van der Waals surface area contributed by atoms with Crippen molar-refractivity contribution in [2.75, 3.05) is 0 Å². The number of aromatic nitrogens is 5. The summed E-state index contributed by atoms with van der Waals surface area (Å²) in [6.45, 7) is 0.660. The summed E-state index contributed by atoms with van der Waals surface area (Å²) in [5.41, 5.74) is 6.90. The molecule has 0 aliphatic rings. The first-order valence-corrected chi connectivity index (χ1v) is 5.85. The number of para-hydroxylation sites is 1. The number of primary amides is 1. The number of hydrogen-bond donors (Lipinski definition) is 2. The molecule has 3 rings (SSSR count). The Hall–Kier alpha value is -2.70. The molecular weight excluding hydrogens is 244 g/mol. The van der Waals surface area contributed by atoms with Gasteiger partial charge in [-0.05, 0) is 6.07 Å². The molecule has 0 aliphatic carbocycles. The highest BCUT2D eigenvalue weighted by Crippen LogP contribution is 2.21. The number of nitrogens with two attached hydrogens (primary N) is 1. The number of rotatable bonds is 4. The van der Waals surface area contributed by atoms with E-state index < -0.39 is 5.91 Å². The summed E-state index contributed by atoms with van der Waals surface area (Å²) in [7, 11) is 0. The smallest absolute Gasteiger partial charge is 0.250 e. The van der Waals surface area contributed by atoms with Crippen LogP contribution in [0.4, 0.5) is 0 Å². The van der Waals surface area contributed by atoms with Crippen molar-refractivity contribution >= 4 is 16.8 Å². The number of carbonyl (C=O) groups is 1. The molecule has 1 amide bonds. The second-order valence-corrected chi connectivity index (χ2v) is 4.20. The first-order valence-electron chi connectivity index (χ1n) is 5.85. The zero-order valence-electron chi connectivity index (χ0n) is 10.1. The van der Waals surface area contributed by atoms with Crippen molar-refractivity contribution in [3.05, 3.63) is 41.9 Å². The fourth-order valence-electron chi connectivity index (χ4n) is 2.14. The SMILES string of the molecule is NC(=O)c1cn(CCc2nn[nH]n2)c2ccccc12. The number of H-pyrrole nitrogens is 1. The molecule has 3 aromatic rings. The number of fused-ring (bicyclic) bond motifs is 1. The minimum Gasteiger partial charge on any atom is -0.366 e. The van der Waals surface area contributed by atoms with E-state index in [9.17, 15) is 4.79 Å². The summed E-state index contributed by atoms with van der Waals surface area (Å²) in [5, 5.41) is 14.6. The number of benzene rings is 1. The van der Waals surface area contributed by atoms with Gasteiger partial charge >= 0.3 is 0 Å². The van der Waals surface area contributed by atoms with Crippen molar-refractivity contribution in [1.29, 1.82) is 0 Å². The second kappa shape index (κ2) is 4.52. The highest BCUT2D eigenvalue weighted by Gasteiger charge is 2.12. The number of nitrogens with one attached hydrogen (secondary N) is 1. The van der Waals surface area contributed by atoms with Crippen LogP contribution in [0.5, 0.6) is 0 Å². The number of nitrogens with zero attached hydrogens (tertiary/aromatic N) is 4. The van der Waals surface area contributed by atoms with Crippen LogP contribution in [0.1, 0.15) is 16.2 Å². The van der Waals surface area contributed by atoms with Gasteiger partial charge in [-0.3, -0.25) is 4.79 Å². The number of amides is 1. The molecule has 0 spiro atoms. The fraction of sp³-hybridized carbons (Fsp3) is 0.167. The third-order valence-electron chi connectivity index (χ3n) is 3.02. The van der Waals surface area contributed by atoms with Gasteiger partial charge in [0.05, 0.1) is 5.56 Å². The first-order chi connectivity index (χ1) is 9.25. The Kier molecular flexibility index (Phi) is 2.71. The predicted molar refractivity (Wildman–Crippen MR) is 68.3 cm³/mol. The summed E-state index contributed by atoms with van der Waals surface area (Å²) in [6, 6.07) is 7.66. The average molecular weight is 256 g/mol. The molecule has 0 unspecified atom stereocenters. The lowest BCUT2D eigenvalue weighted by Gasteiger charge is -2.02. The molecular formula is C12H12N6O. The molecule has 2 aromatic heterocycles. The molecule has 96 valence electrons. The van der Waals surface area contributed by atoms with E-state index in [0.29, 0.717) is 24.4 Å². The molecule has 1 aromatic carbocycles. The number of aromatic amines is 1. The van der Waals surface area contributed by atoms with Crippen LogP contribution in [0.3, 0.4) is 0 Å². The topological polar surface area (TPSA) is 102 Å². The molecule has 7 nitrogen and oxygen atoms in total.